The number of rotatable bonds is 8. The summed E-state index contributed by atoms with van der Waals surface area (Å²) in [5.41, 5.74) is 4.19. The number of nitrogens with one attached hydrogen (secondary N) is 1. The zero-order valence-corrected chi connectivity index (χ0v) is 16.2. The molecule has 9 nitrogen and oxygen atoms in total. The molecule has 0 saturated heterocycles. The van der Waals surface area contributed by atoms with Crippen LogP contribution < -0.4 is 15.8 Å². The van der Waals surface area contributed by atoms with E-state index >= 15 is 0 Å². The van der Waals surface area contributed by atoms with Gasteiger partial charge in [0.2, 0.25) is 5.88 Å². The summed E-state index contributed by atoms with van der Waals surface area (Å²) in [6.07, 6.45) is -0.287. The van der Waals surface area contributed by atoms with E-state index in [0.717, 1.165) is 0 Å². The van der Waals surface area contributed by atoms with Crippen molar-refractivity contribution in [2.45, 2.75) is 12.0 Å². The second-order valence-corrected chi connectivity index (χ2v) is 6.44. The lowest BCUT2D eigenvalue weighted by atomic mass is 9.90. The third-order valence-electron chi connectivity index (χ3n) is 4.29. The Bertz CT molecular complexity index is 910. The Hall–Kier alpha value is -3.18. The summed E-state index contributed by atoms with van der Waals surface area (Å²) >= 11 is 0. The van der Waals surface area contributed by atoms with E-state index in [9.17, 15) is 13.6 Å². The molecule has 0 radical (unpaired) electrons. The number of alkyl halides is 2. The number of aliphatic imine (C=N–C) groups is 1. The van der Waals surface area contributed by atoms with Gasteiger partial charge in [0.1, 0.15) is 24.7 Å². The first-order valence-corrected chi connectivity index (χ1v) is 9.00. The van der Waals surface area contributed by atoms with Gasteiger partial charge < -0.3 is 25.3 Å². The van der Waals surface area contributed by atoms with E-state index in [2.05, 4.69) is 20.3 Å². The number of anilines is 1. The number of nitrogens with zero attached hydrogens (tertiary/aromatic N) is 3. The van der Waals surface area contributed by atoms with E-state index in [-0.39, 0.29) is 36.2 Å². The van der Waals surface area contributed by atoms with Gasteiger partial charge in [-0.15, -0.1) is 0 Å². The Morgan fingerprint density at radius 1 is 1.33 bits per heavy atom. The van der Waals surface area contributed by atoms with Crippen LogP contribution in [0.15, 0.2) is 41.7 Å². The average molecular weight is 421 g/mol. The second kappa shape index (κ2) is 9.55. The number of benzene rings is 1. The molecular formula is C19H21F2N5O4. The zero-order valence-electron chi connectivity index (χ0n) is 16.2. The van der Waals surface area contributed by atoms with Gasteiger partial charge >= 0.3 is 0 Å². The molecule has 11 heteroatoms. The predicted molar refractivity (Wildman–Crippen MR) is 104 cm³/mol. The van der Waals surface area contributed by atoms with E-state index in [1.807, 2.05) is 0 Å². The molecular weight excluding hydrogens is 400 g/mol. The number of halogens is 2. The molecule has 3 N–H and O–H groups in total. The van der Waals surface area contributed by atoms with Crippen molar-refractivity contribution >= 4 is 17.4 Å². The molecule has 1 aromatic carbocycles. The lowest BCUT2D eigenvalue weighted by Gasteiger charge is -2.33. The smallest absolute Gasteiger partial charge is 0.275 e. The number of aromatic nitrogens is 2. The minimum absolute atomic E-state index is 0.00521. The number of ether oxygens (including phenoxy) is 3. The fourth-order valence-electron chi connectivity index (χ4n) is 2.82. The van der Waals surface area contributed by atoms with Crippen LogP contribution in [-0.4, -0.2) is 61.7 Å². The Morgan fingerprint density at radius 2 is 2.17 bits per heavy atom. The lowest BCUT2D eigenvalue weighted by Crippen LogP contribution is -2.44. The number of methoxy groups -OCH3 is 1. The first kappa shape index (κ1) is 21.5. The molecule has 0 saturated carbocycles. The molecule has 1 aromatic heterocycles. The second-order valence-electron chi connectivity index (χ2n) is 6.44. The van der Waals surface area contributed by atoms with Crippen LogP contribution in [0.2, 0.25) is 0 Å². The first-order valence-electron chi connectivity index (χ1n) is 9.00. The van der Waals surface area contributed by atoms with E-state index in [1.165, 1.54) is 30.6 Å². The fraction of sp³-hybridized carbons (Fsp3) is 0.368. The summed E-state index contributed by atoms with van der Waals surface area (Å²) in [5.74, 6) is -0.326. The molecule has 2 aromatic rings. The van der Waals surface area contributed by atoms with Crippen molar-refractivity contribution < 1.29 is 27.8 Å². The summed E-state index contributed by atoms with van der Waals surface area (Å²) in [5, 5.41) is 2.61. The summed E-state index contributed by atoms with van der Waals surface area (Å²) in [4.78, 5) is 24.4. The highest BCUT2D eigenvalue weighted by Crippen LogP contribution is 2.36. The third kappa shape index (κ3) is 4.86. The number of carbonyl (C=O) groups is 1. The monoisotopic (exact) mass is 421 g/mol. The maximum atomic E-state index is 13.9. The van der Waals surface area contributed by atoms with Gasteiger partial charge in [0.25, 0.3) is 12.3 Å². The van der Waals surface area contributed by atoms with E-state index in [1.54, 1.807) is 13.2 Å². The molecule has 0 spiro atoms. The van der Waals surface area contributed by atoms with Gasteiger partial charge in [-0.1, -0.05) is 12.1 Å². The molecule has 1 amide bonds. The van der Waals surface area contributed by atoms with Gasteiger partial charge in [-0.05, 0) is 17.7 Å². The Kier molecular flexibility index (Phi) is 6.85. The number of nitrogens with two attached hydrogens (primary N) is 1. The molecule has 30 heavy (non-hydrogen) atoms. The quantitative estimate of drug-likeness (QED) is 0.621. The fourth-order valence-corrected chi connectivity index (χ4v) is 2.82. The van der Waals surface area contributed by atoms with Gasteiger partial charge in [-0.2, -0.15) is 0 Å². The van der Waals surface area contributed by atoms with Gasteiger partial charge in [0, 0.05) is 12.8 Å². The van der Waals surface area contributed by atoms with Crippen LogP contribution in [0.1, 0.15) is 16.1 Å². The topological polar surface area (TPSA) is 121 Å². The highest BCUT2D eigenvalue weighted by atomic mass is 19.3. The highest BCUT2D eigenvalue weighted by Gasteiger charge is 2.44. The summed E-state index contributed by atoms with van der Waals surface area (Å²) in [6.45, 7) is 0.362. The normalized spacial score (nSPS) is 18.7. The van der Waals surface area contributed by atoms with Crippen molar-refractivity contribution in [3.63, 3.8) is 0 Å². The third-order valence-corrected chi connectivity index (χ3v) is 4.29. The van der Waals surface area contributed by atoms with Crippen LogP contribution in [0.4, 0.5) is 14.5 Å². The number of hydrogen-bond acceptors (Lipinski definition) is 8. The largest absolute Gasteiger partial charge is 0.474 e. The molecule has 0 bridgehead atoms. The molecule has 1 atom stereocenters. The molecule has 1 aliphatic rings. The van der Waals surface area contributed by atoms with Gasteiger partial charge in [0.05, 0.1) is 25.6 Å². The highest BCUT2D eigenvalue weighted by molar-refractivity contribution is 6.02. The molecule has 1 aliphatic heterocycles. The Morgan fingerprint density at radius 3 is 2.83 bits per heavy atom. The minimum Gasteiger partial charge on any atom is -0.474 e. The minimum atomic E-state index is -2.85. The predicted octanol–water partition coefficient (Wildman–Crippen LogP) is 1.60. The molecule has 0 aliphatic carbocycles. The van der Waals surface area contributed by atoms with Crippen molar-refractivity contribution in [3.8, 4) is 5.88 Å². The van der Waals surface area contributed by atoms with E-state index in [0.29, 0.717) is 18.9 Å². The summed E-state index contributed by atoms with van der Waals surface area (Å²) in [6, 6.07) is 5.99. The molecule has 160 valence electrons. The number of carbonyl (C=O) groups excluding carboxylic acids is 1. The molecule has 2 heterocycles. The number of hydrogen-bond donors (Lipinski definition) is 2. The summed E-state index contributed by atoms with van der Waals surface area (Å²) in [7, 11) is 1.54. The maximum Gasteiger partial charge on any atom is 0.275 e. The van der Waals surface area contributed by atoms with E-state index < -0.39 is 17.9 Å². The van der Waals surface area contributed by atoms with Crippen molar-refractivity contribution in [2.75, 3.05) is 38.9 Å². The van der Waals surface area contributed by atoms with Gasteiger partial charge in [-0.3, -0.25) is 9.79 Å². The van der Waals surface area contributed by atoms with Crippen LogP contribution >= 0.6 is 0 Å². The van der Waals surface area contributed by atoms with Crippen molar-refractivity contribution in [1.29, 1.82) is 0 Å². The van der Waals surface area contributed by atoms with Crippen LogP contribution in [0.25, 0.3) is 0 Å². The Balaban J connectivity index is 1.75. The number of amidine groups is 1. The van der Waals surface area contributed by atoms with Gasteiger partial charge in [-0.25, -0.2) is 18.7 Å². The lowest BCUT2D eigenvalue weighted by molar-refractivity contribution is -0.0129. The van der Waals surface area contributed by atoms with E-state index in [4.69, 9.17) is 19.9 Å². The SMILES string of the molecule is COCCOc1cnc(C(=O)Nc2cccc(C3(C(F)F)COCC(N)=N3)c2)cn1. The van der Waals surface area contributed by atoms with Crippen LogP contribution in [0.3, 0.4) is 0 Å². The van der Waals surface area contributed by atoms with Crippen molar-refractivity contribution in [2.24, 2.45) is 10.7 Å². The van der Waals surface area contributed by atoms with Crippen LogP contribution in [0, 0.1) is 0 Å². The van der Waals surface area contributed by atoms with Crippen LogP contribution in [0.5, 0.6) is 5.88 Å². The average Bonchev–Trinajstić information content (AvgIpc) is 2.74. The first-order chi connectivity index (χ1) is 14.4. The zero-order chi connectivity index (χ0) is 21.6. The molecule has 1 unspecified atom stereocenters. The molecule has 3 rings (SSSR count). The van der Waals surface area contributed by atoms with Crippen molar-refractivity contribution in [3.05, 3.63) is 47.9 Å². The van der Waals surface area contributed by atoms with Gasteiger partial charge in [0.15, 0.2) is 5.54 Å². The standard InChI is InChI=1S/C19H21F2N5O4/c1-28-5-6-30-16-9-23-14(8-24-16)17(27)25-13-4-2-3-12(7-13)19(18(20)21)11-29-10-15(22)26-19/h2-4,7-9,18H,5-6,10-11H2,1H3,(H2,22,26)(H,25,27). The molecule has 0 fully saturated rings. The van der Waals surface area contributed by atoms with Crippen molar-refractivity contribution in [1.82, 2.24) is 9.97 Å². The maximum absolute atomic E-state index is 13.9. The summed E-state index contributed by atoms with van der Waals surface area (Å²) < 4.78 is 43.1. The van der Waals surface area contributed by atoms with Crippen LogP contribution in [-0.2, 0) is 15.0 Å². The number of amides is 1. The Labute approximate surface area is 171 Å².